The molecule has 0 aliphatic carbocycles. The summed E-state index contributed by atoms with van der Waals surface area (Å²) in [6, 6.07) is 3.80. The Bertz CT molecular complexity index is 742. The summed E-state index contributed by atoms with van der Waals surface area (Å²) in [6.07, 6.45) is 2.42. The molecule has 1 amide bonds. The van der Waals surface area contributed by atoms with Crippen LogP contribution in [0.1, 0.15) is 24.8 Å². The zero-order valence-electron chi connectivity index (χ0n) is 15.8. The first-order valence-corrected chi connectivity index (χ1v) is 9.23. The maximum atomic E-state index is 14.0. The average Bonchev–Trinajstić information content (AvgIpc) is 2.95. The monoisotopic (exact) mass is 394 g/mol. The summed E-state index contributed by atoms with van der Waals surface area (Å²) in [6.45, 7) is 4.78. The predicted molar refractivity (Wildman–Crippen MR) is 96.7 cm³/mol. The van der Waals surface area contributed by atoms with E-state index in [1.165, 1.54) is 36.4 Å². The number of nitrogens with zero attached hydrogens (tertiary/aromatic N) is 2. The van der Waals surface area contributed by atoms with Crippen molar-refractivity contribution in [3.05, 3.63) is 48.1 Å². The molecular formula is C20H24F2N2O4. The van der Waals surface area contributed by atoms with Crippen molar-refractivity contribution >= 4 is 11.9 Å². The molecule has 1 aromatic carbocycles. The van der Waals surface area contributed by atoms with Gasteiger partial charge in [-0.25, -0.2) is 13.8 Å². The molecule has 1 spiro atoms. The standard InChI is InChI=1S/C20H24F2N2O4/c1-3-11-28-24-18(25)12-15(19(26)27-2)20(24)7-9-23(10-8-20)13-14-16(21)5-4-6-17(14)22/h3-6,15H,1,7-13H2,2H3. The van der Waals surface area contributed by atoms with Gasteiger partial charge in [-0.2, -0.15) is 0 Å². The number of likely N-dealkylation sites (tertiary alicyclic amines) is 1. The number of benzene rings is 1. The summed E-state index contributed by atoms with van der Waals surface area (Å²) in [5, 5.41) is 1.30. The van der Waals surface area contributed by atoms with Gasteiger partial charge in [-0.05, 0) is 25.0 Å². The average molecular weight is 394 g/mol. The molecule has 1 atom stereocenters. The molecule has 2 aliphatic heterocycles. The lowest BCUT2D eigenvalue weighted by atomic mass is 9.77. The van der Waals surface area contributed by atoms with Gasteiger partial charge in [0.25, 0.3) is 0 Å². The summed E-state index contributed by atoms with van der Waals surface area (Å²) < 4.78 is 32.8. The highest BCUT2D eigenvalue weighted by Crippen LogP contribution is 2.44. The molecule has 6 nitrogen and oxygen atoms in total. The van der Waals surface area contributed by atoms with Crippen molar-refractivity contribution in [3.63, 3.8) is 0 Å². The van der Waals surface area contributed by atoms with E-state index in [9.17, 15) is 18.4 Å². The summed E-state index contributed by atoms with van der Waals surface area (Å²) in [7, 11) is 1.30. The third-order valence-electron chi connectivity index (χ3n) is 5.63. The van der Waals surface area contributed by atoms with Crippen LogP contribution in [0.15, 0.2) is 30.9 Å². The molecule has 2 fully saturated rings. The minimum Gasteiger partial charge on any atom is -0.469 e. The Morgan fingerprint density at radius 1 is 1.32 bits per heavy atom. The summed E-state index contributed by atoms with van der Waals surface area (Å²) in [4.78, 5) is 32.3. The van der Waals surface area contributed by atoms with Crippen LogP contribution in [0, 0.1) is 17.6 Å². The van der Waals surface area contributed by atoms with E-state index in [1.807, 2.05) is 4.90 Å². The highest BCUT2D eigenvalue weighted by molar-refractivity contribution is 5.88. The van der Waals surface area contributed by atoms with Crippen molar-refractivity contribution in [3.8, 4) is 0 Å². The van der Waals surface area contributed by atoms with Gasteiger partial charge in [0.2, 0.25) is 5.91 Å². The van der Waals surface area contributed by atoms with Crippen molar-refractivity contribution in [2.24, 2.45) is 5.92 Å². The van der Waals surface area contributed by atoms with Gasteiger partial charge in [0, 0.05) is 31.6 Å². The van der Waals surface area contributed by atoms with Gasteiger partial charge < -0.3 is 4.74 Å². The van der Waals surface area contributed by atoms with Crippen molar-refractivity contribution in [2.75, 3.05) is 26.8 Å². The van der Waals surface area contributed by atoms with E-state index in [4.69, 9.17) is 9.57 Å². The van der Waals surface area contributed by atoms with Gasteiger partial charge in [-0.15, -0.1) is 6.58 Å². The Balaban J connectivity index is 1.78. The van der Waals surface area contributed by atoms with Crippen LogP contribution < -0.4 is 0 Å². The Morgan fingerprint density at radius 2 is 1.96 bits per heavy atom. The molecule has 28 heavy (non-hydrogen) atoms. The van der Waals surface area contributed by atoms with E-state index < -0.39 is 29.1 Å². The lowest BCUT2D eigenvalue weighted by Gasteiger charge is -2.45. The lowest BCUT2D eigenvalue weighted by molar-refractivity contribution is -0.218. The van der Waals surface area contributed by atoms with Crippen LogP contribution in [-0.2, 0) is 25.7 Å². The van der Waals surface area contributed by atoms with Crippen molar-refractivity contribution in [1.82, 2.24) is 9.96 Å². The second-order valence-corrected chi connectivity index (χ2v) is 7.13. The van der Waals surface area contributed by atoms with E-state index in [0.29, 0.717) is 25.9 Å². The van der Waals surface area contributed by atoms with E-state index in [2.05, 4.69) is 6.58 Å². The minimum absolute atomic E-state index is 0.0187. The van der Waals surface area contributed by atoms with Crippen molar-refractivity contribution in [1.29, 1.82) is 0 Å². The number of hydrogen-bond acceptors (Lipinski definition) is 5. The van der Waals surface area contributed by atoms with Gasteiger partial charge in [0.05, 0.1) is 25.2 Å². The van der Waals surface area contributed by atoms with Crippen molar-refractivity contribution in [2.45, 2.75) is 31.3 Å². The summed E-state index contributed by atoms with van der Waals surface area (Å²) in [5.74, 6) is -2.53. The van der Waals surface area contributed by atoms with Gasteiger partial charge in [0.1, 0.15) is 11.6 Å². The smallest absolute Gasteiger partial charge is 0.311 e. The molecule has 0 saturated carbocycles. The molecule has 3 rings (SSSR count). The number of amides is 1. The SMILES string of the molecule is C=CCON1C(=O)CC(C(=O)OC)C12CCN(Cc1c(F)cccc1F)CC2. The fourth-order valence-corrected chi connectivity index (χ4v) is 4.17. The van der Waals surface area contributed by atoms with Crippen LogP contribution in [0.5, 0.6) is 0 Å². The van der Waals surface area contributed by atoms with Crippen LogP contribution >= 0.6 is 0 Å². The van der Waals surface area contributed by atoms with E-state index in [-0.39, 0.29) is 31.0 Å². The summed E-state index contributed by atoms with van der Waals surface area (Å²) >= 11 is 0. The van der Waals surface area contributed by atoms with E-state index in [1.54, 1.807) is 0 Å². The zero-order valence-corrected chi connectivity index (χ0v) is 15.8. The van der Waals surface area contributed by atoms with Crippen LogP contribution in [0.4, 0.5) is 8.78 Å². The normalized spacial score (nSPS) is 21.9. The molecule has 2 heterocycles. The molecule has 2 saturated heterocycles. The molecule has 0 radical (unpaired) electrons. The molecule has 0 aromatic heterocycles. The Hall–Kier alpha value is -2.32. The molecule has 8 heteroatoms. The van der Waals surface area contributed by atoms with Crippen LogP contribution in [-0.4, -0.2) is 54.2 Å². The van der Waals surface area contributed by atoms with E-state index in [0.717, 1.165) is 0 Å². The number of ether oxygens (including phenoxy) is 1. The number of methoxy groups -OCH3 is 1. The van der Waals surface area contributed by atoms with Crippen molar-refractivity contribution < 1.29 is 27.9 Å². The maximum absolute atomic E-state index is 14.0. The number of esters is 1. The third-order valence-corrected chi connectivity index (χ3v) is 5.63. The molecule has 1 unspecified atom stereocenters. The Morgan fingerprint density at radius 3 is 2.54 bits per heavy atom. The third kappa shape index (κ3) is 3.66. The molecule has 0 bridgehead atoms. The first-order chi connectivity index (χ1) is 13.4. The number of piperidine rings is 1. The first-order valence-electron chi connectivity index (χ1n) is 9.23. The zero-order chi connectivity index (χ0) is 20.3. The van der Waals surface area contributed by atoms with Gasteiger partial charge in [-0.1, -0.05) is 12.1 Å². The highest BCUT2D eigenvalue weighted by atomic mass is 19.1. The Kier molecular flexibility index (Phi) is 6.10. The number of hydroxylamine groups is 2. The fourth-order valence-electron chi connectivity index (χ4n) is 4.17. The molecule has 152 valence electrons. The summed E-state index contributed by atoms with van der Waals surface area (Å²) in [5.41, 5.74) is -0.803. The van der Waals surface area contributed by atoms with Gasteiger partial charge >= 0.3 is 5.97 Å². The molecule has 0 N–H and O–H groups in total. The first kappa shape index (κ1) is 20.4. The molecule has 2 aliphatic rings. The Labute approximate surface area is 162 Å². The van der Waals surface area contributed by atoms with E-state index >= 15 is 0 Å². The highest BCUT2D eigenvalue weighted by Gasteiger charge is 2.58. The van der Waals surface area contributed by atoms with Gasteiger partial charge in [0.15, 0.2) is 0 Å². The number of rotatable bonds is 6. The number of carbonyl (C=O) groups is 2. The number of carbonyl (C=O) groups excluding carboxylic acids is 2. The predicted octanol–water partition coefficient (Wildman–Crippen LogP) is 2.44. The maximum Gasteiger partial charge on any atom is 0.311 e. The largest absolute Gasteiger partial charge is 0.469 e. The lowest BCUT2D eigenvalue weighted by Crippen LogP contribution is -2.57. The fraction of sp³-hybridized carbons (Fsp3) is 0.500. The van der Waals surface area contributed by atoms with Crippen LogP contribution in [0.3, 0.4) is 0 Å². The van der Waals surface area contributed by atoms with Gasteiger partial charge in [-0.3, -0.25) is 19.3 Å². The number of hydrogen-bond donors (Lipinski definition) is 0. The van der Waals surface area contributed by atoms with Crippen LogP contribution in [0.2, 0.25) is 0 Å². The second-order valence-electron chi connectivity index (χ2n) is 7.13. The van der Waals surface area contributed by atoms with Crippen LogP contribution in [0.25, 0.3) is 0 Å². The quantitative estimate of drug-likeness (QED) is 0.548. The molecule has 1 aromatic rings. The molecular weight excluding hydrogens is 370 g/mol. The number of halogens is 2. The second kappa shape index (κ2) is 8.36. The minimum atomic E-state index is -0.822. The topological polar surface area (TPSA) is 59.1 Å².